The molecule has 0 spiro atoms. The molecule has 0 aliphatic carbocycles. The third kappa shape index (κ3) is 5.08. The van der Waals surface area contributed by atoms with Crippen molar-refractivity contribution in [1.29, 1.82) is 0 Å². The van der Waals surface area contributed by atoms with Crippen molar-refractivity contribution in [1.82, 2.24) is 9.55 Å². The van der Waals surface area contributed by atoms with Crippen molar-refractivity contribution in [2.75, 3.05) is 19.8 Å². The number of aliphatic hydroxyl groups excluding tert-OH is 3. The molecule has 0 bridgehead atoms. The van der Waals surface area contributed by atoms with Crippen LogP contribution in [0.2, 0.25) is 0 Å². The molecule has 7 heteroatoms. The zero-order valence-corrected chi connectivity index (χ0v) is 17.9. The monoisotopic (exact) mass is 436 g/mol. The summed E-state index contributed by atoms with van der Waals surface area (Å²) in [6, 6.07) is 15.6. The second-order valence-electron chi connectivity index (χ2n) is 7.89. The predicted molar refractivity (Wildman–Crippen MR) is 121 cm³/mol. The molecule has 4 atom stereocenters. The Morgan fingerprint density at radius 3 is 2.41 bits per heavy atom. The zero-order chi connectivity index (χ0) is 22.5. The van der Waals surface area contributed by atoms with Crippen LogP contribution in [0, 0.1) is 0 Å². The molecule has 0 saturated carbocycles. The molecule has 2 aromatic carbocycles. The summed E-state index contributed by atoms with van der Waals surface area (Å²) in [7, 11) is 0. The molecule has 3 unspecified atom stereocenters. The molecule has 1 aliphatic heterocycles. The average molecular weight is 437 g/mol. The van der Waals surface area contributed by atoms with Crippen LogP contribution in [0.4, 0.5) is 0 Å². The number of hydrogen-bond acceptors (Lipinski definition) is 6. The van der Waals surface area contributed by atoms with E-state index in [2.05, 4.69) is 4.98 Å². The van der Waals surface area contributed by atoms with Gasteiger partial charge in [-0.05, 0) is 35.7 Å². The van der Waals surface area contributed by atoms with Crippen LogP contribution in [0.3, 0.4) is 0 Å². The van der Waals surface area contributed by atoms with Gasteiger partial charge >= 0.3 is 0 Å². The highest BCUT2D eigenvalue weighted by Crippen LogP contribution is 2.25. The molecule has 4 rings (SSSR count). The zero-order valence-electron chi connectivity index (χ0n) is 17.9. The van der Waals surface area contributed by atoms with Crippen LogP contribution >= 0.6 is 0 Å². The Hall–Kier alpha value is -2.97. The number of aromatic nitrogens is 2. The minimum Gasteiger partial charge on any atom is -0.485 e. The molecule has 0 radical (unpaired) electrons. The fourth-order valence-corrected chi connectivity index (χ4v) is 3.72. The van der Waals surface area contributed by atoms with Gasteiger partial charge in [-0.3, -0.25) is 0 Å². The quantitative estimate of drug-likeness (QED) is 0.502. The lowest BCUT2D eigenvalue weighted by Crippen LogP contribution is -2.29. The molecule has 168 valence electrons. The molecule has 3 aromatic rings. The van der Waals surface area contributed by atoms with Gasteiger partial charge in [0.1, 0.15) is 29.9 Å². The first-order valence-electron chi connectivity index (χ1n) is 10.7. The topological polar surface area (TPSA) is 97.0 Å². The Labute approximate surface area is 187 Å². The molecule has 32 heavy (non-hydrogen) atoms. The van der Waals surface area contributed by atoms with Gasteiger partial charge in [-0.25, -0.2) is 4.98 Å². The first kappa shape index (κ1) is 22.2. The van der Waals surface area contributed by atoms with Gasteiger partial charge in [-0.15, -0.1) is 0 Å². The summed E-state index contributed by atoms with van der Waals surface area (Å²) in [6.45, 7) is 2.27. The standard InChI is InChI=1S/C25H28N2O5/c1-17(29)25-26-12-13-27(25)21(14-28)9-4-18-2-5-19(6-3-18)20-7-10-22(11-8-20)32-24-16-31-15-23(24)30/h2-13,17,21,23-24,28-30H,14-16H2,1H3/b9-4+/t17-,21?,23?,24?/m0/s1. The maximum Gasteiger partial charge on any atom is 0.150 e. The molecule has 1 fully saturated rings. The van der Waals surface area contributed by atoms with Crippen molar-refractivity contribution in [3.63, 3.8) is 0 Å². The fourth-order valence-electron chi connectivity index (χ4n) is 3.72. The number of aliphatic hydroxyl groups is 3. The Morgan fingerprint density at radius 1 is 1.12 bits per heavy atom. The Morgan fingerprint density at radius 2 is 1.81 bits per heavy atom. The molecule has 1 aliphatic rings. The molecule has 1 aromatic heterocycles. The molecule has 1 saturated heterocycles. The van der Waals surface area contributed by atoms with Gasteiger partial charge in [0, 0.05) is 12.4 Å². The summed E-state index contributed by atoms with van der Waals surface area (Å²) >= 11 is 0. The van der Waals surface area contributed by atoms with Gasteiger partial charge in [0.15, 0.2) is 0 Å². The van der Waals surface area contributed by atoms with Gasteiger partial charge in [0.2, 0.25) is 0 Å². The van der Waals surface area contributed by atoms with Crippen molar-refractivity contribution in [3.8, 4) is 16.9 Å². The van der Waals surface area contributed by atoms with E-state index in [-0.39, 0.29) is 18.8 Å². The number of ether oxygens (including phenoxy) is 2. The lowest BCUT2D eigenvalue weighted by molar-refractivity contribution is 0.0733. The van der Waals surface area contributed by atoms with Crippen LogP contribution in [0.5, 0.6) is 5.75 Å². The van der Waals surface area contributed by atoms with Crippen molar-refractivity contribution in [2.45, 2.75) is 31.3 Å². The Balaban J connectivity index is 1.41. The summed E-state index contributed by atoms with van der Waals surface area (Å²) in [4.78, 5) is 4.16. The normalized spacial score (nSPS) is 20.5. The van der Waals surface area contributed by atoms with Crippen LogP contribution in [-0.4, -0.2) is 56.9 Å². The summed E-state index contributed by atoms with van der Waals surface area (Å²) in [5.41, 5.74) is 3.13. The van der Waals surface area contributed by atoms with Crippen LogP contribution < -0.4 is 4.74 Å². The third-order valence-electron chi connectivity index (χ3n) is 5.51. The largest absolute Gasteiger partial charge is 0.485 e. The maximum atomic E-state index is 9.85. The molecular weight excluding hydrogens is 408 g/mol. The van der Waals surface area contributed by atoms with Gasteiger partial charge in [0.05, 0.1) is 25.9 Å². The van der Waals surface area contributed by atoms with E-state index in [0.29, 0.717) is 24.8 Å². The van der Waals surface area contributed by atoms with E-state index in [0.717, 1.165) is 16.7 Å². The third-order valence-corrected chi connectivity index (χ3v) is 5.51. The van der Waals surface area contributed by atoms with Crippen molar-refractivity contribution in [3.05, 3.63) is 78.4 Å². The fraction of sp³-hybridized carbons (Fsp3) is 0.320. The SMILES string of the molecule is C[C@H](O)c1nccn1C(/C=C/c1ccc(-c2ccc(OC3COCC3O)cc2)cc1)CO. The van der Waals surface area contributed by atoms with Crippen molar-refractivity contribution in [2.24, 2.45) is 0 Å². The molecular formula is C25H28N2O5. The number of rotatable bonds is 8. The smallest absolute Gasteiger partial charge is 0.150 e. The first-order valence-corrected chi connectivity index (χ1v) is 10.7. The number of nitrogens with zero attached hydrogens (tertiary/aromatic N) is 2. The highest BCUT2D eigenvalue weighted by atomic mass is 16.6. The minimum atomic E-state index is -0.708. The highest BCUT2D eigenvalue weighted by molar-refractivity contribution is 5.66. The van der Waals surface area contributed by atoms with E-state index >= 15 is 0 Å². The van der Waals surface area contributed by atoms with Crippen LogP contribution in [0.15, 0.2) is 67.0 Å². The van der Waals surface area contributed by atoms with Crippen LogP contribution in [-0.2, 0) is 4.74 Å². The van der Waals surface area contributed by atoms with Gasteiger partial charge in [0.25, 0.3) is 0 Å². The first-order chi connectivity index (χ1) is 15.5. The average Bonchev–Trinajstić information content (AvgIpc) is 3.45. The van der Waals surface area contributed by atoms with E-state index in [1.807, 2.05) is 60.7 Å². The molecule has 2 heterocycles. The van der Waals surface area contributed by atoms with Crippen molar-refractivity contribution < 1.29 is 24.8 Å². The minimum absolute atomic E-state index is 0.0942. The van der Waals surface area contributed by atoms with Crippen molar-refractivity contribution >= 4 is 6.08 Å². The number of benzene rings is 2. The van der Waals surface area contributed by atoms with Crippen LogP contribution in [0.1, 0.15) is 30.5 Å². The second kappa shape index (κ2) is 10.1. The number of imidazole rings is 1. The molecule has 7 nitrogen and oxygen atoms in total. The lowest BCUT2D eigenvalue weighted by Gasteiger charge is -2.16. The molecule has 3 N–H and O–H groups in total. The highest BCUT2D eigenvalue weighted by Gasteiger charge is 2.27. The van der Waals surface area contributed by atoms with Crippen LogP contribution in [0.25, 0.3) is 17.2 Å². The van der Waals surface area contributed by atoms with Gasteiger partial charge in [-0.2, -0.15) is 0 Å². The lowest BCUT2D eigenvalue weighted by atomic mass is 10.0. The summed E-state index contributed by atoms with van der Waals surface area (Å²) in [5.74, 6) is 1.22. The van der Waals surface area contributed by atoms with Gasteiger partial charge < -0.3 is 29.4 Å². The van der Waals surface area contributed by atoms with Gasteiger partial charge in [-0.1, -0.05) is 48.6 Å². The van der Waals surface area contributed by atoms with E-state index in [1.54, 1.807) is 23.9 Å². The number of hydrogen-bond donors (Lipinski definition) is 3. The van der Waals surface area contributed by atoms with E-state index in [9.17, 15) is 15.3 Å². The maximum absolute atomic E-state index is 9.85. The summed E-state index contributed by atoms with van der Waals surface area (Å²) < 4.78 is 12.8. The Kier molecular flexibility index (Phi) is 7.02. The predicted octanol–water partition coefficient (Wildman–Crippen LogP) is 2.99. The summed E-state index contributed by atoms with van der Waals surface area (Å²) in [6.07, 6.45) is 5.59. The summed E-state index contributed by atoms with van der Waals surface area (Å²) in [5, 5.41) is 29.4. The molecule has 0 amide bonds. The van der Waals surface area contributed by atoms with E-state index in [1.165, 1.54) is 0 Å². The van der Waals surface area contributed by atoms with E-state index < -0.39 is 12.2 Å². The second-order valence-corrected chi connectivity index (χ2v) is 7.89. The van der Waals surface area contributed by atoms with E-state index in [4.69, 9.17) is 9.47 Å². The Bertz CT molecular complexity index is 1030.